The molecule has 2 heterocycles. The lowest BCUT2D eigenvalue weighted by Crippen LogP contribution is -1.95. The van der Waals surface area contributed by atoms with Gasteiger partial charge in [0.15, 0.2) is 11.4 Å². The minimum Gasteiger partial charge on any atom is -0.497 e. The lowest BCUT2D eigenvalue weighted by atomic mass is 10.1. The highest BCUT2D eigenvalue weighted by molar-refractivity contribution is 5.77. The van der Waals surface area contributed by atoms with E-state index < -0.39 is 0 Å². The molecule has 0 aliphatic carbocycles. The zero-order valence-electron chi connectivity index (χ0n) is 11.3. The van der Waals surface area contributed by atoms with Crippen LogP contribution in [0, 0.1) is 0 Å². The van der Waals surface area contributed by atoms with Crippen LogP contribution in [-0.2, 0) is 0 Å². The molecule has 0 atom stereocenters. The van der Waals surface area contributed by atoms with Gasteiger partial charge in [0, 0.05) is 11.8 Å². The van der Waals surface area contributed by atoms with Crippen molar-refractivity contribution in [2.24, 2.45) is 0 Å². The largest absolute Gasteiger partial charge is 0.497 e. The van der Waals surface area contributed by atoms with Crippen LogP contribution >= 0.6 is 0 Å². The Morgan fingerprint density at radius 1 is 1.05 bits per heavy atom. The zero-order chi connectivity index (χ0) is 14.1. The first-order valence-corrected chi connectivity index (χ1v) is 6.19. The molecule has 2 aromatic heterocycles. The summed E-state index contributed by atoms with van der Waals surface area (Å²) in [5.41, 5.74) is 8.56. The van der Waals surface area contributed by atoms with Crippen molar-refractivity contribution in [1.82, 2.24) is 9.38 Å². The van der Waals surface area contributed by atoms with Gasteiger partial charge in [0.05, 0.1) is 14.2 Å². The molecule has 0 amide bonds. The maximum absolute atomic E-state index is 6.18. The third-order valence-electron chi connectivity index (χ3n) is 3.23. The van der Waals surface area contributed by atoms with E-state index >= 15 is 0 Å². The number of hydrogen-bond donors (Lipinski definition) is 1. The van der Waals surface area contributed by atoms with Crippen molar-refractivity contribution in [2.75, 3.05) is 20.0 Å². The molecule has 3 rings (SSSR count). The molecule has 0 saturated heterocycles. The number of hydrogen-bond acceptors (Lipinski definition) is 4. The van der Waals surface area contributed by atoms with Crippen molar-refractivity contribution < 1.29 is 9.47 Å². The van der Waals surface area contributed by atoms with Crippen molar-refractivity contribution in [3.63, 3.8) is 0 Å². The van der Waals surface area contributed by atoms with E-state index in [0.717, 1.165) is 17.0 Å². The summed E-state index contributed by atoms with van der Waals surface area (Å²) in [6, 6.07) is 11.4. The molecule has 20 heavy (non-hydrogen) atoms. The lowest BCUT2D eigenvalue weighted by molar-refractivity contribution is 0.415. The molecule has 0 fully saturated rings. The average Bonchev–Trinajstić information content (AvgIpc) is 2.85. The quantitative estimate of drug-likeness (QED) is 0.794. The van der Waals surface area contributed by atoms with Gasteiger partial charge < -0.3 is 15.2 Å². The number of fused-ring (bicyclic) bond motifs is 1. The number of methoxy groups -OCH3 is 2. The predicted molar refractivity (Wildman–Crippen MR) is 78.1 cm³/mol. The minimum absolute atomic E-state index is 0.587. The summed E-state index contributed by atoms with van der Waals surface area (Å²) >= 11 is 0. The number of nitrogen functional groups attached to an aromatic ring is 1. The van der Waals surface area contributed by atoms with Gasteiger partial charge in [-0.3, -0.25) is 4.40 Å². The Bertz CT molecular complexity index is 748. The monoisotopic (exact) mass is 269 g/mol. The maximum atomic E-state index is 6.18. The first-order chi connectivity index (χ1) is 9.74. The normalized spacial score (nSPS) is 10.7. The second-order valence-electron chi connectivity index (χ2n) is 4.34. The van der Waals surface area contributed by atoms with E-state index in [-0.39, 0.29) is 0 Å². The molecule has 0 radical (unpaired) electrons. The zero-order valence-corrected chi connectivity index (χ0v) is 11.3. The van der Waals surface area contributed by atoms with Crippen LogP contribution in [0.4, 0.5) is 5.82 Å². The molecule has 3 aromatic rings. The molecule has 1 aromatic carbocycles. The maximum Gasteiger partial charge on any atom is 0.181 e. The molecule has 0 bridgehead atoms. The molecular formula is C15H15N3O2. The summed E-state index contributed by atoms with van der Waals surface area (Å²) in [6.45, 7) is 0. The average molecular weight is 269 g/mol. The van der Waals surface area contributed by atoms with Crippen LogP contribution in [0.2, 0.25) is 0 Å². The Morgan fingerprint density at radius 2 is 1.80 bits per heavy atom. The van der Waals surface area contributed by atoms with Crippen molar-refractivity contribution in [3.05, 3.63) is 42.6 Å². The standard InChI is InChI=1S/C15H15N3O2/c1-19-11-7-5-10(6-8-11)13-14(16)18-9-3-4-12(20-2)15(18)17-13/h3-9H,16H2,1-2H3. The van der Waals surface area contributed by atoms with Gasteiger partial charge in [0.1, 0.15) is 17.3 Å². The molecule has 0 spiro atoms. The summed E-state index contributed by atoms with van der Waals surface area (Å²) in [6.07, 6.45) is 1.87. The fourth-order valence-corrected chi connectivity index (χ4v) is 2.18. The molecule has 102 valence electrons. The van der Waals surface area contributed by atoms with Crippen molar-refractivity contribution in [3.8, 4) is 22.8 Å². The molecule has 0 aliphatic rings. The van der Waals surface area contributed by atoms with Gasteiger partial charge in [0.2, 0.25) is 0 Å². The summed E-state index contributed by atoms with van der Waals surface area (Å²) in [5.74, 6) is 2.08. The first-order valence-electron chi connectivity index (χ1n) is 6.19. The smallest absolute Gasteiger partial charge is 0.181 e. The molecular weight excluding hydrogens is 254 g/mol. The van der Waals surface area contributed by atoms with E-state index in [4.69, 9.17) is 15.2 Å². The molecule has 0 saturated carbocycles. The molecule has 0 aliphatic heterocycles. The van der Waals surface area contributed by atoms with E-state index in [0.29, 0.717) is 17.2 Å². The van der Waals surface area contributed by atoms with Crippen LogP contribution in [-0.4, -0.2) is 23.6 Å². The van der Waals surface area contributed by atoms with E-state index in [2.05, 4.69) is 4.98 Å². The van der Waals surface area contributed by atoms with E-state index in [1.54, 1.807) is 14.2 Å². The molecule has 5 heteroatoms. The third-order valence-corrected chi connectivity index (χ3v) is 3.23. The highest BCUT2D eigenvalue weighted by Crippen LogP contribution is 2.30. The molecule has 0 unspecified atom stereocenters. The van der Waals surface area contributed by atoms with Gasteiger partial charge in [-0.1, -0.05) is 0 Å². The van der Waals surface area contributed by atoms with E-state index in [1.807, 2.05) is 47.0 Å². The topological polar surface area (TPSA) is 61.8 Å². The van der Waals surface area contributed by atoms with Gasteiger partial charge in [-0.15, -0.1) is 0 Å². The lowest BCUT2D eigenvalue weighted by Gasteiger charge is -2.02. The summed E-state index contributed by atoms with van der Waals surface area (Å²) < 4.78 is 12.3. The molecule has 5 nitrogen and oxygen atoms in total. The first kappa shape index (κ1) is 12.3. The van der Waals surface area contributed by atoms with Gasteiger partial charge in [-0.25, -0.2) is 4.98 Å². The van der Waals surface area contributed by atoms with Crippen LogP contribution in [0.1, 0.15) is 0 Å². The number of aromatic nitrogens is 2. The Kier molecular flexibility index (Phi) is 2.95. The van der Waals surface area contributed by atoms with Crippen LogP contribution in [0.15, 0.2) is 42.6 Å². The fraction of sp³-hybridized carbons (Fsp3) is 0.133. The SMILES string of the molecule is COc1ccc(-c2nc3c(OC)cccn3c2N)cc1. The van der Waals surface area contributed by atoms with Gasteiger partial charge >= 0.3 is 0 Å². The van der Waals surface area contributed by atoms with E-state index in [9.17, 15) is 0 Å². The predicted octanol–water partition coefficient (Wildman–Crippen LogP) is 2.60. The second kappa shape index (κ2) is 4.77. The second-order valence-corrected chi connectivity index (χ2v) is 4.34. The number of imidazole rings is 1. The number of pyridine rings is 1. The van der Waals surface area contributed by atoms with E-state index in [1.165, 1.54) is 0 Å². The van der Waals surface area contributed by atoms with Crippen molar-refractivity contribution in [1.29, 1.82) is 0 Å². The number of benzene rings is 1. The van der Waals surface area contributed by atoms with Crippen molar-refractivity contribution >= 4 is 11.5 Å². The van der Waals surface area contributed by atoms with Crippen LogP contribution in [0.25, 0.3) is 16.9 Å². The Morgan fingerprint density at radius 3 is 2.45 bits per heavy atom. The summed E-state index contributed by atoms with van der Waals surface area (Å²) in [5, 5.41) is 0. The minimum atomic E-state index is 0.587. The Hall–Kier alpha value is -2.69. The number of nitrogens with two attached hydrogens (primary N) is 1. The Balaban J connectivity index is 2.18. The van der Waals surface area contributed by atoms with Crippen LogP contribution < -0.4 is 15.2 Å². The van der Waals surface area contributed by atoms with Gasteiger partial charge in [-0.05, 0) is 36.4 Å². The number of anilines is 1. The summed E-state index contributed by atoms with van der Waals surface area (Å²) in [7, 11) is 3.26. The highest BCUT2D eigenvalue weighted by Gasteiger charge is 2.14. The van der Waals surface area contributed by atoms with Gasteiger partial charge in [-0.2, -0.15) is 0 Å². The number of rotatable bonds is 3. The van der Waals surface area contributed by atoms with Crippen LogP contribution in [0.3, 0.4) is 0 Å². The number of nitrogens with zero attached hydrogens (tertiary/aromatic N) is 2. The van der Waals surface area contributed by atoms with Gasteiger partial charge in [0.25, 0.3) is 0 Å². The highest BCUT2D eigenvalue weighted by atomic mass is 16.5. The summed E-state index contributed by atoms with van der Waals surface area (Å²) in [4.78, 5) is 4.58. The molecule has 2 N–H and O–H groups in total. The number of ether oxygens (including phenoxy) is 2. The Labute approximate surface area is 116 Å². The van der Waals surface area contributed by atoms with Crippen molar-refractivity contribution in [2.45, 2.75) is 0 Å². The van der Waals surface area contributed by atoms with Crippen LogP contribution in [0.5, 0.6) is 11.5 Å². The third kappa shape index (κ3) is 1.84. The fourth-order valence-electron chi connectivity index (χ4n) is 2.18.